The Morgan fingerprint density at radius 1 is 1.21 bits per heavy atom. The summed E-state index contributed by atoms with van der Waals surface area (Å²) in [6.07, 6.45) is 6.37. The van der Waals surface area contributed by atoms with Crippen LogP contribution in [-0.4, -0.2) is 41.1 Å². The van der Waals surface area contributed by atoms with E-state index in [1.165, 1.54) is 29.0 Å². The van der Waals surface area contributed by atoms with E-state index in [1.807, 2.05) is 0 Å². The fourth-order valence-electron chi connectivity index (χ4n) is 2.54. The van der Waals surface area contributed by atoms with Crippen molar-refractivity contribution in [2.45, 2.75) is 64.9 Å². The summed E-state index contributed by atoms with van der Waals surface area (Å²) in [5.41, 5.74) is 0.545. The first-order chi connectivity index (χ1) is 11.2. The van der Waals surface area contributed by atoms with Crippen LogP contribution in [0, 0.1) is 0 Å². The fraction of sp³-hybridized carbons (Fsp3) is 0.706. The lowest BCUT2D eigenvalue weighted by Crippen LogP contribution is -2.38. The number of carbonyl (C=O) groups excluding carboxylic acids is 2. The van der Waals surface area contributed by atoms with Crippen molar-refractivity contribution in [2.75, 3.05) is 18.9 Å². The molecule has 0 unspecified atom stereocenters. The number of hydrogen-bond acceptors (Lipinski definition) is 5. The van der Waals surface area contributed by atoms with E-state index in [1.54, 1.807) is 39.2 Å². The quantitative estimate of drug-likeness (QED) is 0.901. The van der Waals surface area contributed by atoms with Gasteiger partial charge in [-0.1, -0.05) is 12.8 Å². The molecule has 0 fully saturated rings. The number of hydrogen-bond donors (Lipinski definition) is 1. The second-order valence-electron chi connectivity index (χ2n) is 7.19. The highest BCUT2D eigenvalue weighted by Crippen LogP contribution is 2.28. The minimum atomic E-state index is -0.576. The van der Waals surface area contributed by atoms with Crippen LogP contribution in [0.2, 0.25) is 0 Å². The smallest absolute Gasteiger partial charge is 0.410 e. The van der Waals surface area contributed by atoms with E-state index >= 15 is 0 Å². The van der Waals surface area contributed by atoms with E-state index < -0.39 is 11.7 Å². The zero-order valence-electron chi connectivity index (χ0n) is 15.0. The van der Waals surface area contributed by atoms with Crippen LogP contribution >= 0.6 is 11.3 Å². The predicted molar refractivity (Wildman–Crippen MR) is 95.5 cm³/mol. The molecule has 0 radical (unpaired) electrons. The number of carbonyl (C=O) groups is 2. The van der Waals surface area contributed by atoms with Gasteiger partial charge in [-0.05, 0) is 46.5 Å². The maximum Gasteiger partial charge on any atom is 0.410 e. The van der Waals surface area contributed by atoms with Gasteiger partial charge in [0.15, 0.2) is 5.13 Å². The van der Waals surface area contributed by atoms with Crippen LogP contribution in [-0.2, 0) is 22.4 Å². The summed E-state index contributed by atoms with van der Waals surface area (Å²) in [5, 5.41) is 3.44. The number of rotatable bonds is 3. The van der Waals surface area contributed by atoms with Gasteiger partial charge in [0, 0.05) is 11.9 Å². The number of aryl methyl sites for hydroxylation is 2. The lowest BCUT2D eigenvalue weighted by molar-refractivity contribution is -0.117. The van der Waals surface area contributed by atoms with Crippen LogP contribution < -0.4 is 5.32 Å². The molecule has 1 aliphatic rings. The van der Waals surface area contributed by atoms with Crippen molar-refractivity contribution in [3.63, 3.8) is 0 Å². The predicted octanol–water partition coefficient (Wildman–Crippen LogP) is 3.61. The normalized spacial score (nSPS) is 15.0. The largest absolute Gasteiger partial charge is 0.444 e. The van der Waals surface area contributed by atoms with Crippen LogP contribution in [0.1, 0.15) is 57.0 Å². The Morgan fingerprint density at radius 2 is 1.88 bits per heavy atom. The molecule has 7 heteroatoms. The molecule has 1 aromatic rings. The molecular weight excluding hydrogens is 326 g/mol. The number of nitrogens with one attached hydrogen (secondary N) is 1. The van der Waals surface area contributed by atoms with Crippen LogP contribution in [0.5, 0.6) is 0 Å². The van der Waals surface area contributed by atoms with Gasteiger partial charge in [0.1, 0.15) is 12.1 Å². The Morgan fingerprint density at radius 3 is 2.54 bits per heavy atom. The van der Waals surface area contributed by atoms with Gasteiger partial charge in [0.05, 0.1) is 5.69 Å². The summed E-state index contributed by atoms with van der Waals surface area (Å²) in [5.74, 6) is -0.259. The third kappa shape index (κ3) is 5.78. The van der Waals surface area contributed by atoms with Crippen molar-refractivity contribution < 1.29 is 14.3 Å². The topological polar surface area (TPSA) is 71.5 Å². The van der Waals surface area contributed by atoms with Gasteiger partial charge in [-0.25, -0.2) is 9.78 Å². The average Bonchev–Trinajstić information content (AvgIpc) is 2.78. The van der Waals surface area contributed by atoms with Crippen molar-refractivity contribution >= 4 is 28.5 Å². The molecule has 0 aromatic carbocycles. The summed E-state index contributed by atoms with van der Waals surface area (Å²) in [4.78, 5) is 31.1. The summed E-state index contributed by atoms with van der Waals surface area (Å²) >= 11 is 1.55. The van der Waals surface area contributed by atoms with Crippen molar-refractivity contribution in [3.05, 3.63) is 10.6 Å². The number of likely N-dealkylation sites (N-methyl/N-ethyl adjacent to an activating group) is 1. The van der Waals surface area contributed by atoms with E-state index in [4.69, 9.17) is 4.74 Å². The number of thiazole rings is 1. The van der Waals surface area contributed by atoms with Crippen LogP contribution in [0.4, 0.5) is 9.93 Å². The first kappa shape index (κ1) is 18.7. The number of amides is 2. The minimum absolute atomic E-state index is 0.0564. The zero-order chi connectivity index (χ0) is 17.7. The van der Waals surface area contributed by atoms with Gasteiger partial charge in [-0.3, -0.25) is 4.79 Å². The maximum absolute atomic E-state index is 12.1. The third-order valence-corrected chi connectivity index (χ3v) is 4.75. The van der Waals surface area contributed by atoms with Gasteiger partial charge in [0.25, 0.3) is 0 Å². The lowest BCUT2D eigenvalue weighted by Gasteiger charge is -2.24. The first-order valence-electron chi connectivity index (χ1n) is 8.47. The van der Waals surface area contributed by atoms with Gasteiger partial charge in [0.2, 0.25) is 5.91 Å². The molecule has 0 saturated heterocycles. The third-order valence-electron chi connectivity index (χ3n) is 3.68. The molecule has 2 amide bonds. The van der Waals surface area contributed by atoms with Crippen molar-refractivity contribution in [3.8, 4) is 0 Å². The number of nitrogens with zero attached hydrogens (tertiary/aromatic N) is 2. The highest BCUT2D eigenvalue weighted by atomic mass is 32.1. The molecule has 134 valence electrons. The van der Waals surface area contributed by atoms with Crippen molar-refractivity contribution in [1.82, 2.24) is 9.88 Å². The molecule has 0 spiro atoms. The summed E-state index contributed by atoms with van der Waals surface area (Å²) < 4.78 is 5.24. The molecule has 0 bridgehead atoms. The molecular formula is C17H27N3O3S. The Kier molecular flexibility index (Phi) is 6.21. The number of anilines is 1. The second kappa shape index (κ2) is 7.96. The number of aromatic nitrogens is 1. The van der Waals surface area contributed by atoms with Gasteiger partial charge < -0.3 is 15.0 Å². The van der Waals surface area contributed by atoms with Crippen molar-refractivity contribution in [1.29, 1.82) is 0 Å². The monoisotopic (exact) mass is 353 g/mol. The SMILES string of the molecule is CN(CC(=O)Nc1nc2c(s1)CCCCCC2)C(=O)OC(C)(C)C. The molecule has 24 heavy (non-hydrogen) atoms. The highest BCUT2D eigenvalue weighted by molar-refractivity contribution is 7.15. The van der Waals surface area contributed by atoms with Crippen LogP contribution in [0.3, 0.4) is 0 Å². The molecule has 0 aliphatic heterocycles. The van der Waals surface area contributed by atoms with Gasteiger partial charge in [-0.2, -0.15) is 0 Å². The zero-order valence-corrected chi connectivity index (χ0v) is 15.8. The number of fused-ring (bicyclic) bond motifs is 1. The first-order valence-corrected chi connectivity index (χ1v) is 9.29. The van der Waals surface area contributed by atoms with E-state index in [0.29, 0.717) is 5.13 Å². The molecule has 1 aliphatic carbocycles. The Hall–Kier alpha value is -1.63. The van der Waals surface area contributed by atoms with Crippen LogP contribution in [0.25, 0.3) is 0 Å². The van der Waals surface area contributed by atoms with Crippen molar-refractivity contribution in [2.24, 2.45) is 0 Å². The molecule has 0 saturated carbocycles. The van der Waals surface area contributed by atoms with E-state index in [-0.39, 0.29) is 12.5 Å². The number of ether oxygens (including phenoxy) is 1. The molecule has 1 aromatic heterocycles. The van der Waals surface area contributed by atoms with E-state index in [2.05, 4.69) is 10.3 Å². The molecule has 0 atom stereocenters. The average molecular weight is 353 g/mol. The minimum Gasteiger partial charge on any atom is -0.444 e. The Bertz CT molecular complexity index is 567. The standard InChI is InChI=1S/C17H27N3O3S/c1-17(2,3)23-16(22)20(4)11-14(21)19-15-18-12-9-7-5-6-8-10-13(12)24-15/h5-11H2,1-4H3,(H,18,19,21). The molecule has 1 heterocycles. The van der Waals surface area contributed by atoms with Crippen LogP contribution in [0.15, 0.2) is 0 Å². The summed E-state index contributed by atoms with van der Waals surface area (Å²) in [6.45, 7) is 5.33. The summed E-state index contributed by atoms with van der Waals surface area (Å²) in [6, 6.07) is 0. The molecule has 6 nitrogen and oxygen atoms in total. The van der Waals surface area contributed by atoms with E-state index in [0.717, 1.165) is 25.0 Å². The van der Waals surface area contributed by atoms with E-state index in [9.17, 15) is 9.59 Å². The van der Waals surface area contributed by atoms with Gasteiger partial charge in [-0.15, -0.1) is 11.3 Å². The lowest BCUT2D eigenvalue weighted by atomic mass is 10.0. The highest BCUT2D eigenvalue weighted by Gasteiger charge is 2.22. The maximum atomic E-state index is 12.1. The molecule has 1 N–H and O–H groups in total. The molecule has 2 rings (SSSR count). The Labute approximate surface area is 147 Å². The second-order valence-corrected chi connectivity index (χ2v) is 8.27. The summed E-state index contributed by atoms with van der Waals surface area (Å²) in [7, 11) is 1.55. The fourth-order valence-corrected chi connectivity index (χ4v) is 3.60. The van der Waals surface area contributed by atoms with Gasteiger partial charge >= 0.3 is 6.09 Å². The Balaban J connectivity index is 1.90.